The minimum absolute atomic E-state index is 0.00419. The summed E-state index contributed by atoms with van der Waals surface area (Å²) in [6.07, 6.45) is 1.34. The molecule has 2 aromatic carbocycles. The van der Waals surface area contributed by atoms with E-state index in [1.165, 1.54) is 19.1 Å². The van der Waals surface area contributed by atoms with E-state index in [-0.39, 0.29) is 17.3 Å². The number of hydrogen-bond donors (Lipinski definition) is 1. The molecule has 0 unspecified atom stereocenters. The van der Waals surface area contributed by atoms with E-state index in [1.54, 1.807) is 18.2 Å². The van der Waals surface area contributed by atoms with Crippen molar-refractivity contribution in [3.8, 4) is 11.8 Å². The highest BCUT2D eigenvalue weighted by atomic mass is 19.1. The number of nitrogens with zero attached hydrogens (tertiary/aromatic N) is 2. The molecule has 0 atom stereocenters. The number of nitriles is 1. The Bertz CT molecular complexity index is 1050. The van der Waals surface area contributed by atoms with Gasteiger partial charge < -0.3 is 10.1 Å². The van der Waals surface area contributed by atoms with Crippen LogP contribution in [0.25, 0.3) is 0 Å². The van der Waals surface area contributed by atoms with Gasteiger partial charge in [0.05, 0.1) is 22.6 Å². The zero-order chi connectivity index (χ0) is 21.3. The van der Waals surface area contributed by atoms with Crippen LogP contribution in [0.15, 0.2) is 36.4 Å². The quantitative estimate of drug-likeness (QED) is 0.770. The van der Waals surface area contributed by atoms with Crippen molar-refractivity contribution in [3.63, 3.8) is 0 Å². The topological polar surface area (TPSA) is 82.4 Å². The first-order chi connectivity index (χ1) is 14.4. The van der Waals surface area contributed by atoms with Gasteiger partial charge in [-0.1, -0.05) is 0 Å². The number of hydrogen-bond acceptors (Lipinski definition) is 5. The fourth-order valence-corrected chi connectivity index (χ4v) is 4.30. The molecule has 1 spiro atoms. The van der Waals surface area contributed by atoms with Gasteiger partial charge in [0.2, 0.25) is 5.91 Å². The molecular formula is C23H22FN3O3. The van der Waals surface area contributed by atoms with Crippen LogP contribution in [0.1, 0.15) is 41.3 Å². The van der Waals surface area contributed by atoms with Gasteiger partial charge in [-0.3, -0.25) is 14.5 Å². The maximum atomic E-state index is 13.9. The van der Waals surface area contributed by atoms with Crippen molar-refractivity contribution in [3.05, 3.63) is 58.9 Å². The van der Waals surface area contributed by atoms with Crippen molar-refractivity contribution in [2.75, 3.05) is 31.6 Å². The molecule has 2 aromatic rings. The number of ether oxygens (including phenoxy) is 1. The number of benzene rings is 2. The fourth-order valence-electron chi connectivity index (χ4n) is 4.30. The molecule has 0 saturated carbocycles. The van der Waals surface area contributed by atoms with Crippen LogP contribution in [0.3, 0.4) is 0 Å². The molecule has 1 fully saturated rings. The molecule has 0 bridgehead atoms. The van der Waals surface area contributed by atoms with Gasteiger partial charge in [0.25, 0.3) is 0 Å². The van der Waals surface area contributed by atoms with Gasteiger partial charge in [-0.15, -0.1) is 0 Å². The third-order valence-corrected chi connectivity index (χ3v) is 6.05. The number of carbonyl (C=O) groups is 2. The van der Waals surface area contributed by atoms with E-state index in [2.05, 4.69) is 16.3 Å². The summed E-state index contributed by atoms with van der Waals surface area (Å²) in [5.41, 5.74) is 1.75. The number of carbonyl (C=O) groups excluding carboxylic acids is 2. The molecule has 2 aliphatic heterocycles. The first-order valence-corrected chi connectivity index (χ1v) is 9.95. The molecule has 6 nitrogen and oxygen atoms in total. The molecule has 154 valence electrons. The second kappa shape index (κ2) is 7.88. The summed E-state index contributed by atoms with van der Waals surface area (Å²) in [7, 11) is 0. The molecule has 0 aromatic heterocycles. The smallest absolute Gasteiger partial charge is 0.235 e. The summed E-state index contributed by atoms with van der Waals surface area (Å²) in [6.45, 7) is 3.81. The Labute approximate surface area is 174 Å². The zero-order valence-corrected chi connectivity index (χ0v) is 16.7. The van der Waals surface area contributed by atoms with Crippen molar-refractivity contribution >= 4 is 17.4 Å². The summed E-state index contributed by atoms with van der Waals surface area (Å²) < 4.78 is 19.5. The molecule has 1 N–H and O–H groups in total. The Balaban J connectivity index is 1.35. The highest BCUT2D eigenvalue weighted by Crippen LogP contribution is 2.45. The molecule has 7 heteroatoms. The molecular weight excluding hydrogens is 385 g/mol. The number of ketones is 1. The number of rotatable bonds is 5. The van der Waals surface area contributed by atoms with Crippen LogP contribution in [0.2, 0.25) is 0 Å². The predicted molar refractivity (Wildman–Crippen MR) is 109 cm³/mol. The van der Waals surface area contributed by atoms with E-state index in [4.69, 9.17) is 4.74 Å². The van der Waals surface area contributed by atoms with Crippen molar-refractivity contribution in [2.24, 2.45) is 0 Å². The van der Waals surface area contributed by atoms with Crippen LogP contribution in [-0.4, -0.2) is 42.8 Å². The number of fused-ring (bicyclic) bond motifs is 2. The van der Waals surface area contributed by atoms with Crippen LogP contribution in [0, 0.1) is 17.1 Å². The normalized spacial score (nSPS) is 17.3. The molecule has 1 amide bonds. The van der Waals surface area contributed by atoms with Crippen LogP contribution in [0.4, 0.5) is 10.1 Å². The number of anilines is 1. The van der Waals surface area contributed by atoms with Crippen molar-refractivity contribution in [2.45, 2.75) is 25.2 Å². The van der Waals surface area contributed by atoms with E-state index in [9.17, 15) is 19.2 Å². The molecule has 2 heterocycles. The largest absolute Gasteiger partial charge is 0.492 e. The van der Waals surface area contributed by atoms with E-state index in [1.807, 2.05) is 6.07 Å². The summed E-state index contributed by atoms with van der Waals surface area (Å²) in [4.78, 5) is 26.2. The zero-order valence-electron chi connectivity index (χ0n) is 16.7. The molecule has 30 heavy (non-hydrogen) atoms. The SMILES string of the molecule is CC(=O)c1ccc(OCCN2CCC3(CC2)C(=O)Nc2ccc(C#N)cc23)cc1F. The number of nitrogens with one attached hydrogen (secondary N) is 1. The van der Waals surface area contributed by atoms with Gasteiger partial charge in [-0.05, 0) is 68.8 Å². The average Bonchev–Trinajstić information content (AvgIpc) is 3.00. The first-order valence-electron chi connectivity index (χ1n) is 9.95. The minimum atomic E-state index is -0.581. The number of halogens is 1. The third kappa shape index (κ3) is 3.55. The summed E-state index contributed by atoms with van der Waals surface area (Å²) in [5.74, 6) is -0.507. The van der Waals surface area contributed by atoms with Gasteiger partial charge in [0, 0.05) is 18.3 Å². The molecule has 0 radical (unpaired) electrons. The minimum Gasteiger partial charge on any atom is -0.492 e. The van der Waals surface area contributed by atoms with Crippen molar-refractivity contribution < 1.29 is 18.7 Å². The number of piperidine rings is 1. The maximum absolute atomic E-state index is 13.9. The number of amides is 1. The van der Waals surface area contributed by atoms with Crippen LogP contribution >= 0.6 is 0 Å². The van der Waals surface area contributed by atoms with E-state index in [0.29, 0.717) is 37.3 Å². The monoisotopic (exact) mass is 407 g/mol. The Morgan fingerprint density at radius 3 is 2.70 bits per heavy atom. The van der Waals surface area contributed by atoms with Gasteiger partial charge >= 0.3 is 0 Å². The summed E-state index contributed by atoms with van der Waals surface area (Å²) >= 11 is 0. The van der Waals surface area contributed by atoms with Gasteiger partial charge in [-0.25, -0.2) is 4.39 Å². The molecule has 2 aliphatic rings. The van der Waals surface area contributed by atoms with E-state index < -0.39 is 11.2 Å². The summed E-state index contributed by atoms with van der Waals surface area (Å²) in [6, 6.07) is 11.8. The Morgan fingerprint density at radius 1 is 1.27 bits per heavy atom. The van der Waals surface area contributed by atoms with Crippen molar-refractivity contribution in [1.29, 1.82) is 5.26 Å². The Morgan fingerprint density at radius 2 is 2.03 bits per heavy atom. The average molecular weight is 407 g/mol. The van der Waals surface area contributed by atoms with Gasteiger partial charge in [0.1, 0.15) is 18.2 Å². The van der Waals surface area contributed by atoms with Crippen LogP contribution in [-0.2, 0) is 10.2 Å². The van der Waals surface area contributed by atoms with Crippen LogP contribution in [0.5, 0.6) is 5.75 Å². The molecule has 1 saturated heterocycles. The Hall–Kier alpha value is -3.24. The van der Waals surface area contributed by atoms with Crippen LogP contribution < -0.4 is 10.1 Å². The van der Waals surface area contributed by atoms with E-state index >= 15 is 0 Å². The maximum Gasteiger partial charge on any atom is 0.235 e. The lowest BCUT2D eigenvalue weighted by atomic mass is 9.73. The van der Waals surface area contributed by atoms with Gasteiger partial charge in [0.15, 0.2) is 5.78 Å². The van der Waals surface area contributed by atoms with Crippen molar-refractivity contribution in [1.82, 2.24) is 4.90 Å². The molecule has 4 rings (SSSR count). The highest BCUT2D eigenvalue weighted by Gasteiger charge is 2.48. The molecule has 0 aliphatic carbocycles. The van der Waals surface area contributed by atoms with Gasteiger partial charge in [-0.2, -0.15) is 5.26 Å². The predicted octanol–water partition coefficient (Wildman–Crippen LogP) is 3.26. The number of Topliss-reactive ketones (excluding diaryl/α,β-unsaturated/α-hetero) is 1. The lowest BCUT2D eigenvalue weighted by Gasteiger charge is -2.37. The fraction of sp³-hybridized carbons (Fsp3) is 0.348. The lowest BCUT2D eigenvalue weighted by Crippen LogP contribution is -2.47. The third-order valence-electron chi connectivity index (χ3n) is 6.05. The number of likely N-dealkylation sites (tertiary alicyclic amines) is 1. The Kier molecular flexibility index (Phi) is 5.27. The lowest BCUT2D eigenvalue weighted by molar-refractivity contribution is -0.122. The second-order valence-corrected chi connectivity index (χ2v) is 7.80. The standard InChI is InChI=1S/C23H22FN3O3/c1-15(28)18-4-3-17(13-20(18)24)30-11-10-27-8-6-23(7-9-27)19-12-16(14-25)2-5-21(19)26-22(23)29/h2-5,12-13H,6-11H2,1H3,(H,26,29). The summed E-state index contributed by atoms with van der Waals surface area (Å²) in [5, 5.41) is 12.2. The highest BCUT2D eigenvalue weighted by molar-refractivity contribution is 6.06. The second-order valence-electron chi connectivity index (χ2n) is 7.80. The van der Waals surface area contributed by atoms with E-state index in [0.717, 1.165) is 24.3 Å². The first kappa shape index (κ1) is 20.0.